The van der Waals surface area contributed by atoms with Crippen molar-refractivity contribution in [2.75, 3.05) is 39.5 Å². The Morgan fingerprint density at radius 1 is 1.06 bits per heavy atom. The summed E-state index contributed by atoms with van der Waals surface area (Å²) in [6, 6.07) is 9.28. The average molecular weight is 255 g/mol. The molecular formula is C13H21NO4. The predicted octanol–water partition coefficient (Wildman–Crippen LogP) is -0.287. The third-order valence-electron chi connectivity index (χ3n) is 2.49. The van der Waals surface area contributed by atoms with Gasteiger partial charge in [-0.2, -0.15) is 0 Å². The van der Waals surface area contributed by atoms with E-state index in [1.165, 1.54) is 0 Å². The van der Waals surface area contributed by atoms with Gasteiger partial charge in [0.25, 0.3) is 0 Å². The highest BCUT2D eigenvalue weighted by Gasteiger charge is 2.11. The number of aliphatic hydroxyl groups is 3. The molecule has 0 spiro atoms. The van der Waals surface area contributed by atoms with Crippen LogP contribution in [0.25, 0.3) is 0 Å². The Morgan fingerprint density at radius 2 is 1.67 bits per heavy atom. The fourth-order valence-electron chi connectivity index (χ4n) is 1.64. The lowest BCUT2D eigenvalue weighted by molar-refractivity contribution is 0.0552. The third kappa shape index (κ3) is 5.97. The van der Waals surface area contributed by atoms with E-state index in [4.69, 9.17) is 14.9 Å². The molecular weight excluding hydrogens is 234 g/mol. The van der Waals surface area contributed by atoms with E-state index in [9.17, 15) is 5.11 Å². The van der Waals surface area contributed by atoms with Crippen molar-refractivity contribution in [2.45, 2.75) is 6.10 Å². The molecule has 1 atom stereocenters. The molecule has 5 heteroatoms. The summed E-state index contributed by atoms with van der Waals surface area (Å²) >= 11 is 0. The van der Waals surface area contributed by atoms with E-state index >= 15 is 0 Å². The number of benzene rings is 1. The molecule has 0 aromatic heterocycles. The average Bonchev–Trinajstić information content (AvgIpc) is 2.38. The number of ether oxygens (including phenoxy) is 1. The van der Waals surface area contributed by atoms with Crippen molar-refractivity contribution < 1.29 is 20.1 Å². The highest BCUT2D eigenvalue weighted by Crippen LogP contribution is 2.08. The van der Waals surface area contributed by atoms with Crippen LogP contribution in [0.4, 0.5) is 0 Å². The van der Waals surface area contributed by atoms with Crippen molar-refractivity contribution >= 4 is 0 Å². The summed E-state index contributed by atoms with van der Waals surface area (Å²) in [6.45, 7) is 1.44. The molecule has 1 rings (SSSR count). The molecule has 102 valence electrons. The van der Waals surface area contributed by atoms with Gasteiger partial charge in [-0.05, 0) is 12.1 Å². The second-order valence-electron chi connectivity index (χ2n) is 4.03. The lowest BCUT2D eigenvalue weighted by Gasteiger charge is -2.23. The zero-order valence-corrected chi connectivity index (χ0v) is 10.4. The fraction of sp³-hybridized carbons (Fsp3) is 0.538. The number of rotatable bonds is 9. The maximum atomic E-state index is 9.80. The number of aliphatic hydroxyl groups excluding tert-OH is 3. The molecule has 0 unspecified atom stereocenters. The number of para-hydroxylation sites is 1. The Morgan fingerprint density at radius 3 is 2.22 bits per heavy atom. The van der Waals surface area contributed by atoms with Gasteiger partial charge in [0, 0.05) is 19.6 Å². The smallest absolute Gasteiger partial charge is 0.119 e. The molecule has 0 bridgehead atoms. The minimum Gasteiger partial charge on any atom is -0.491 e. The Labute approximate surface area is 107 Å². The molecule has 0 heterocycles. The third-order valence-corrected chi connectivity index (χ3v) is 2.49. The van der Waals surface area contributed by atoms with E-state index in [0.717, 1.165) is 0 Å². The lowest BCUT2D eigenvalue weighted by Crippen LogP contribution is -2.38. The summed E-state index contributed by atoms with van der Waals surface area (Å²) in [7, 11) is 0. The molecule has 18 heavy (non-hydrogen) atoms. The molecule has 0 fully saturated rings. The van der Waals surface area contributed by atoms with Crippen molar-refractivity contribution in [1.82, 2.24) is 4.90 Å². The number of hydrogen-bond acceptors (Lipinski definition) is 5. The van der Waals surface area contributed by atoms with Crippen LogP contribution in [0.2, 0.25) is 0 Å². The van der Waals surface area contributed by atoms with Gasteiger partial charge in [0.15, 0.2) is 0 Å². The molecule has 0 aliphatic rings. The van der Waals surface area contributed by atoms with Crippen LogP contribution in [0, 0.1) is 0 Å². The standard InChI is InChI=1S/C13H21NO4/c15-8-6-14(7-9-16)10-12(17)11-18-13-4-2-1-3-5-13/h1-5,12,15-17H,6-11H2/t12-/m0/s1. The van der Waals surface area contributed by atoms with Gasteiger partial charge in [-0.15, -0.1) is 0 Å². The van der Waals surface area contributed by atoms with Crippen LogP contribution < -0.4 is 4.74 Å². The topological polar surface area (TPSA) is 73.2 Å². The van der Waals surface area contributed by atoms with Gasteiger partial charge in [-0.25, -0.2) is 0 Å². The first-order valence-electron chi connectivity index (χ1n) is 6.06. The van der Waals surface area contributed by atoms with Crippen LogP contribution in [0.1, 0.15) is 0 Å². The van der Waals surface area contributed by atoms with Crippen LogP contribution >= 0.6 is 0 Å². The summed E-state index contributed by atoms with van der Waals surface area (Å²) in [5.74, 6) is 0.715. The molecule has 0 saturated carbocycles. The van der Waals surface area contributed by atoms with Gasteiger partial charge in [0.1, 0.15) is 18.5 Å². The quantitative estimate of drug-likeness (QED) is 0.565. The van der Waals surface area contributed by atoms with Gasteiger partial charge in [0.2, 0.25) is 0 Å². The normalized spacial score (nSPS) is 12.7. The molecule has 0 aliphatic heterocycles. The highest BCUT2D eigenvalue weighted by atomic mass is 16.5. The van der Waals surface area contributed by atoms with E-state index < -0.39 is 6.10 Å². The summed E-state index contributed by atoms with van der Waals surface area (Å²) in [6.07, 6.45) is -0.650. The van der Waals surface area contributed by atoms with E-state index in [-0.39, 0.29) is 19.8 Å². The number of nitrogens with zero attached hydrogens (tertiary/aromatic N) is 1. The van der Waals surface area contributed by atoms with Crippen molar-refractivity contribution in [3.8, 4) is 5.75 Å². The first-order chi connectivity index (χ1) is 8.76. The molecule has 1 aromatic rings. The zero-order chi connectivity index (χ0) is 13.2. The maximum Gasteiger partial charge on any atom is 0.119 e. The van der Waals surface area contributed by atoms with E-state index in [1.54, 1.807) is 4.90 Å². The Kier molecular flexibility index (Phi) is 7.36. The van der Waals surface area contributed by atoms with E-state index in [1.807, 2.05) is 30.3 Å². The summed E-state index contributed by atoms with van der Waals surface area (Å²) in [5.41, 5.74) is 0. The second-order valence-corrected chi connectivity index (χ2v) is 4.03. The van der Waals surface area contributed by atoms with Crippen molar-refractivity contribution in [3.63, 3.8) is 0 Å². The molecule has 1 aromatic carbocycles. The van der Waals surface area contributed by atoms with Gasteiger partial charge in [0.05, 0.1) is 13.2 Å². The largest absolute Gasteiger partial charge is 0.491 e. The first-order valence-corrected chi connectivity index (χ1v) is 6.06. The SMILES string of the molecule is OCCN(CCO)C[C@H](O)COc1ccccc1. The molecule has 0 saturated heterocycles. The second kappa shape index (κ2) is 8.88. The molecule has 0 radical (unpaired) electrons. The van der Waals surface area contributed by atoms with Crippen LogP contribution in [-0.4, -0.2) is 65.8 Å². The summed E-state index contributed by atoms with van der Waals surface area (Å²) in [4.78, 5) is 1.79. The van der Waals surface area contributed by atoms with Gasteiger partial charge < -0.3 is 20.1 Å². The van der Waals surface area contributed by atoms with E-state index in [2.05, 4.69) is 0 Å². The van der Waals surface area contributed by atoms with Gasteiger partial charge in [-0.1, -0.05) is 18.2 Å². The van der Waals surface area contributed by atoms with E-state index in [0.29, 0.717) is 25.4 Å². The molecule has 0 amide bonds. The Hall–Kier alpha value is -1.14. The van der Waals surface area contributed by atoms with Crippen LogP contribution in [0.15, 0.2) is 30.3 Å². The van der Waals surface area contributed by atoms with Gasteiger partial charge in [-0.3, -0.25) is 4.90 Å². The van der Waals surface area contributed by atoms with Crippen molar-refractivity contribution in [1.29, 1.82) is 0 Å². The first kappa shape index (κ1) is 14.9. The Balaban J connectivity index is 2.29. The van der Waals surface area contributed by atoms with Gasteiger partial charge >= 0.3 is 0 Å². The Bertz CT molecular complexity index is 301. The fourth-order valence-corrected chi connectivity index (χ4v) is 1.64. The minimum absolute atomic E-state index is 0.00621. The van der Waals surface area contributed by atoms with Crippen LogP contribution in [-0.2, 0) is 0 Å². The summed E-state index contributed by atoms with van der Waals surface area (Å²) in [5, 5.41) is 27.5. The van der Waals surface area contributed by atoms with Crippen molar-refractivity contribution in [3.05, 3.63) is 30.3 Å². The van der Waals surface area contributed by atoms with Crippen molar-refractivity contribution in [2.24, 2.45) is 0 Å². The predicted molar refractivity (Wildman–Crippen MR) is 68.6 cm³/mol. The monoisotopic (exact) mass is 255 g/mol. The zero-order valence-electron chi connectivity index (χ0n) is 10.4. The van der Waals surface area contributed by atoms with Crippen LogP contribution in [0.5, 0.6) is 5.75 Å². The number of hydrogen-bond donors (Lipinski definition) is 3. The lowest BCUT2D eigenvalue weighted by atomic mass is 10.3. The van der Waals surface area contributed by atoms with Crippen LogP contribution in [0.3, 0.4) is 0 Å². The minimum atomic E-state index is -0.650. The molecule has 0 aliphatic carbocycles. The summed E-state index contributed by atoms with van der Waals surface area (Å²) < 4.78 is 5.42. The highest BCUT2D eigenvalue weighted by molar-refractivity contribution is 5.20. The maximum absolute atomic E-state index is 9.80. The molecule has 5 nitrogen and oxygen atoms in total. The molecule has 3 N–H and O–H groups in total.